The monoisotopic (exact) mass is 436 g/mol. The van der Waals surface area contributed by atoms with Gasteiger partial charge in [0.05, 0.1) is 6.10 Å². The van der Waals surface area contributed by atoms with Crippen molar-refractivity contribution in [3.63, 3.8) is 0 Å². The van der Waals surface area contributed by atoms with Crippen LogP contribution < -0.4 is 16.4 Å². The minimum absolute atomic E-state index is 0.0363. The first-order valence-corrected chi connectivity index (χ1v) is 9.92. The second-order valence-corrected chi connectivity index (χ2v) is 7.50. The number of rotatable bonds is 9. The Morgan fingerprint density at radius 2 is 1.87 bits per heavy atom. The molecule has 1 heterocycles. The second-order valence-electron chi connectivity index (χ2n) is 7.50. The van der Waals surface area contributed by atoms with Gasteiger partial charge >= 0.3 is 5.97 Å². The topological polar surface area (TPSA) is 182 Å². The van der Waals surface area contributed by atoms with Crippen molar-refractivity contribution >= 4 is 23.7 Å². The van der Waals surface area contributed by atoms with Crippen molar-refractivity contribution in [3.8, 4) is 5.75 Å². The van der Waals surface area contributed by atoms with E-state index in [9.17, 15) is 29.4 Å². The molecule has 0 radical (unpaired) electrons. The van der Waals surface area contributed by atoms with E-state index in [4.69, 9.17) is 10.8 Å². The van der Waals surface area contributed by atoms with Crippen LogP contribution in [0.3, 0.4) is 0 Å². The van der Waals surface area contributed by atoms with Gasteiger partial charge in [-0.15, -0.1) is 0 Å². The molecule has 1 aliphatic rings. The molecule has 2 rings (SSSR count). The maximum Gasteiger partial charge on any atom is 0.322 e. The van der Waals surface area contributed by atoms with E-state index in [1.54, 1.807) is 12.1 Å². The molecular formula is C20H28N4O7. The standard InChI is InChI=1S/C20H28N4O7/c1-11(25)17(21)20(31)24-8-2-3-15(24)19(30)23-14(18(29)22-10-16(27)28)9-12-4-6-13(26)7-5-12/h4-7,11,14-15,17,25-26H,2-3,8-10,21H2,1H3,(H,22,29)(H,23,30)(H,27,28). The molecule has 0 aliphatic carbocycles. The molecule has 1 aliphatic heterocycles. The molecule has 0 saturated carbocycles. The van der Waals surface area contributed by atoms with Gasteiger partial charge in [-0.3, -0.25) is 19.2 Å². The van der Waals surface area contributed by atoms with Crippen LogP contribution in [0.2, 0.25) is 0 Å². The number of benzene rings is 1. The number of carbonyl (C=O) groups excluding carboxylic acids is 3. The molecule has 0 aromatic heterocycles. The highest BCUT2D eigenvalue weighted by Crippen LogP contribution is 2.19. The number of hydrogen-bond acceptors (Lipinski definition) is 7. The van der Waals surface area contributed by atoms with Crippen LogP contribution in [0, 0.1) is 0 Å². The number of aliphatic carboxylic acids is 1. The summed E-state index contributed by atoms with van der Waals surface area (Å²) in [5.41, 5.74) is 6.35. The minimum atomic E-state index is -1.23. The summed E-state index contributed by atoms with van der Waals surface area (Å²) in [6, 6.07) is 2.89. The number of carboxylic acids is 1. The zero-order valence-corrected chi connectivity index (χ0v) is 17.2. The number of nitrogens with one attached hydrogen (secondary N) is 2. The predicted octanol–water partition coefficient (Wildman–Crippen LogP) is -1.68. The molecular weight excluding hydrogens is 408 g/mol. The molecule has 11 nitrogen and oxygen atoms in total. The Hall–Kier alpha value is -3.18. The quantitative estimate of drug-likeness (QED) is 0.265. The number of amides is 3. The number of aliphatic hydroxyl groups is 1. The maximum atomic E-state index is 12.9. The Labute approximate surface area is 179 Å². The number of nitrogens with zero attached hydrogens (tertiary/aromatic N) is 1. The Morgan fingerprint density at radius 1 is 1.23 bits per heavy atom. The van der Waals surface area contributed by atoms with Gasteiger partial charge in [0.1, 0.15) is 30.4 Å². The van der Waals surface area contributed by atoms with Gasteiger partial charge in [0.15, 0.2) is 0 Å². The molecule has 0 spiro atoms. The second kappa shape index (κ2) is 10.7. The van der Waals surface area contributed by atoms with Crippen LogP contribution in [0.25, 0.3) is 0 Å². The van der Waals surface area contributed by atoms with E-state index in [-0.39, 0.29) is 12.2 Å². The fourth-order valence-corrected chi connectivity index (χ4v) is 3.33. The summed E-state index contributed by atoms with van der Waals surface area (Å²) >= 11 is 0. The molecule has 4 unspecified atom stereocenters. The molecule has 31 heavy (non-hydrogen) atoms. The highest BCUT2D eigenvalue weighted by Gasteiger charge is 2.38. The van der Waals surface area contributed by atoms with Crippen LogP contribution in [0.15, 0.2) is 24.3 Å². The lowest BCUT2D eigenvalue weighted by Gasteiger charge is -2.29. The van der Waals surface area contributed by atoms with Crippen LogP contribution in [0.5, 0.6) is 5.75 Å². The number of phenolic OH excluding ortho intramolecular Hbond substituents is 1. The molecule has 1 saturated heterocycles. The summed E-state index contributed by atoms with van der Waals surface area (Å²) in [5, 5.41) is 32.7. The molecule has 4 atom stereocenters. The average molecular weight is 436 g/mol. The molecule has 1 aromatic rings. The van der Waals surface area contributed by atoms with Crippen LogP contribution >= 0.6 is 0 Å². The first-order valence-electron chi connectivity index (χ1n) is 9.92. The number of hydrogen-bond donors (Lipinski definition) is 6. The summed E-state index contributed by atoms with van der Waals surface area (Å²) < 4.78 is 0. The Kier molecular flexibility index (Phi) is 8.34. The number of carbonyl (C=O) groups is 4. The third-order valence-electron chi connectivity index (χ3n) is 5.07. The van der Waals surface area contributed by atoms with Gasteiger partial charge < -0.3 is 36.6 Å². The molecule has 3 amide bonds. The van der Waals surface area contributed by atoms with Gasteiger partial charge in [0, 0.05) is 13.0 Å². The van der Waals surface area contributed by atoms with Crippen LogP contribution in [-0.4, -0.2) is 81.2 Å². The summed E-state index contributed by atoms with van der Waals surface area (Å²) in [4.78, 5) is 50.0. The Bertz CT molecular complexity index is 812. The zero-order chi connectivity index (χ0) is 23.1. The maximum absolute atomic E-state index is 12.9. The van der Waals surface area contributed by atoms with Crippen molar-refractivity contribution < 1.29 is 34.5 Å². The molecule has 7 N–H and O–H groups in total. The highest BCUT2D eigenvalue weighted by atomic mass is 16.4. The van der Waals surface area contributed by atoms with E-state index in [1.807, 2.05) is 0 Å². The third-order valence-corrected chi connectivity index (χ3v) is 5.07. The molecule has 0 bridgehead atoms. The van der Waals surface area contributed by atoms with Gasteiger partial charge in [0.25, 0.3) is 0 Å². The summed E-state index contributed by atoms with van der Waals surface area (Å²) in [6.07, 6.45) is -0.108. The van der Waals surface area contributed by atoms with Gasteiger partial charge in [-0.05, 0) is 37.5 Å². The zero-order valence-electron chi connectivity index (χ0n) is 17.2. The first kappa shape index (κ1) is 24.1. The van der Waals surface area contributed by atoms with Crippen molar-refractivity contribution in [2.24, 2.45) is 5.73 Å². The first-order chi connectivity index (χ1) is 14.6. The summed E-state index contributed by atoms with van der Waals surface area (Å²) in [6.45, 7) is 1.07. The van der Waals surface area contributed by atoms with Crippen molar-refractivity contribution in [2.75, 3.05) is 13.1 Å². The summed E-state index contributed by atoms with van der Waals surface area (Å²) in [7, 11) is 0. The highest BCUT2D eigenvalue weighted by molar-refractivity contribution is 5.94. The Balaban J connectivity index is 2.14. The fraction of sp³-hybridized carbons (Fsp3) is 0.500. The smallest absolute Gasteiger partial charge is 0.322 e. The Morgan fingerprint density at radius 3 is 2.45 bits per heavy atom. The summed E-state index contributed by atoms with van der Waals surface area (Å²) in [5.74, 6) is -3.02. The lowest BCUT2D eigenvalue weighted by Crippen LogP contribution is -2.57. The fourth-order valence-electron chi connectivity index (χ4n) is 3.33. The van der Waals surface area contributed by atoms with E-state index >= 15 is 0 Å². The van der Waals surface area contributed by atoms with Gasteiger partial charge in [-0.25, -0.2) is 0 Å². The van der Waals surface area contributed by atoms with Crippen molar-refractivity contribution in [1.82, 2.24) is 15.5 Å². The number of phenols is 1. The number of nitrogens with two attached hydrogens (primary N) is 1. The van der Waals surface area contributed by atoms with Crippen LogP contribution in [-0.2, 0) is 25.6 Å². The van der Waals surface area contributed by atoms with Crippen LogP contribution in [0.1, 0.15) is 25.3 Å². The van der Waals surface area contributed by atoms with Gasteiger partial charge in [0.2, 0.25) is 17.7 Å². The van der Waals surface area contributed by atoms with E-state index in [1.165, 1.54) is 24.0 Å². The number of likely N-dealkylation sites (tertiary alicyclic amines) is 1. The average Bonchev–Trinajstić information content (AvgIpc) is 3.21. The number of carboxylic acid groups (broad SMARTS) is 1. The largest absolute Gasteiger partial charge is 0.508 e. The third kappa shape index (κ3) is 6.66. The van der Waals surface area contributed by atoms with E-state index in [2.05, 4.69) is 10.6 Å². The van der Waals surface area contributed by atoms with Gasteiger partial charge in [-0.2, -0.15) is 0 Å². The van der Waals surface area contributed by atoms with Gasteiger partial charge in [-0.1, -0.05) is 12.1 Å². The lowest BCUT2D eigenvalue weighted by atomic mass is 10.0. The minimum Gasteiger partial charge on any atom is -0.508 e. The molecule has 170 valence electrons. The van der Waals surface area contributed by atoms with Crippen molar-refractivity contribution in [1.29, 1.82) is 0 Å². The number of aromatic hydroxyl groups is 1. The molecule has 1 aromatic carbocycles. The predicted molar refractivity (Wildman–Crippen MR) is 109 cm³/mol. The lowest BCUT2D eigenvalue weighted by molar-refractivity contribution is -0.142. The van der Waals surface area contributed by atoms with Crippen LogP contribution in [0.4, 0.5) is 0 Å². The van der Waals surface area contributed by atoms with E-state index in [0.29, 0.717) is 24.9 Å². The molecule has 1 fully saturated rings. The van der Waals surface area contributed by atoms with E-state index < -0.39 is 54.5 Å². The SMILES string of the molecule is CC(O)C(N)C(=O)N1CCCC1C(=O)NC(Cc1ccc(O)cc1)C(=O)NCC(=O)O. The van der Waals surface area contributed by atoms with Crippen molar-refractivity contribution in [2.45, 2.75) is 50.4 Å². The normalized spacial score (nSPS) is 18.7. The molecule has 11 heteroatoms. The van der Waals surface area contributed by atoms with E-state index in [0.717, 1.165) is 0 Å². The van der Waals surface area contributed by atoms with Crippen molar-refractivity contribution in [3.05, 3.63) is 29.8 Å². The number of aliphatic hydroxyl groups excluding tert-OH is 1.